The minimum atomic E-state index is 0.0210. The molecule has 0 radical (unpaired) electrons. The number of benzene rings is 1. The van der Waals surface area contributed by atoms with E-state index >= 15 is 0 Å². The molecule has 0 spiro atoms. The number of hydrogen-bond acceptors (Lipinski definition) is 3. The molecule has 0 saturated heterocycles. The Morgan fingerprint density at radius 1 is 0.923 bits per heavy atom. The Morgan fingerprint density at radius 3 is 2.38 bits per heavy atom. The highest BCUT2D eigenvalue weighted by Gasteiger charge is 2.30. The molecule has 26 heavy (non-hydrogen) atoms. The third kappa shape index (κ3) is 3.67. The SMILES string of the molecule is O=C(NC1CCCCC1)N(c1ncnc2ccccc12)C1CCCCC1. The summed E-state index contributed by atoms with van der Waals surface area (Å²) in [7, 11) is 0. The Hall–Kier alpha value is -2.17. The summed E-state index contributed by atoms with van der Waals surface area (Å²) in [5, 5.41) is 4.26. The summed E-state index contributed by atoms with van der Waals surface area (Å²) in [6.07, 6.45) is 13.2. The van der Waals surface area contributed by atoms with Gasteiger partial charge in [-0.3, -0.25) is 4.90 Å². The lowest BCUT2D eigenvalue weighted by Crippen LogP contribution is -2.51. The number of fused-ring (bicyclic) bond motifs is 1. The molecule has 2 aromatic rings. The molecular formula is C21H28N4O. The highest BCUT2D eigenvalue weighted by atomic mass is 16.2. The van der Waals surface area contributed by atoms with Gasteiger partial charge in [0, 0.05) is 17.5 Å². The Bertz CT molecular complexity index is 745. The van der Waals surface area contributed by atoms with Crippen LogP contribution in [0.5, 0.6) is 0 Å². The number of para-hydroxylation sites is 1. The fourth-order valence-corrected chi connectivity index (χ4v) is 4.45. The van der Waals surface area contributed by atoms with Crippen molar-refractivity contribution in [2.45, 2.75) is 76.3 Å². The number of anilines is 1. The smallest absolute Gasteiger partial charge is 0.323 e. The van der Waals surface area contributed by atoms with Crippen LogP contribution in [0.1, 0.15) is 64.2 Å². The predicted octanol–water partition coefficient (Wildman–Crippen LogP) is 4.81. The summed E-state index contributed by atoms with van der Waals surface area (Å²) >= 11 is 0. The van der Waals surface area contributed by atoms with E-state index in [1.165, 1.54) is 38.5 Å². The lowest BCUT2D eigenvalue weighted by Gasteiger charge is -2.35. The average molecular weight is 352 g/mol. The van der Waals surface area contributed by atoms with Crippen molar-refractivity contribution in [3.05, 3.63) is 30.6 Å². The molecule has 5 nitrogen and oxygen atoms in total. The van der Waals surface area contributed by atoms with Gasteiger partial charge in [-0.2, -0.15) is 0 Å². The maximum atomic E-state index is 13.3. The highest BCUT2D eigenvalue weighted by Crippen LogP contribution is 2.31. The topological polar surface area (TPSA) is 58.1 Å². The van der Waals surface area contributed by atoms with E-state index in [-0.39, 0.29) is 12.1 Å². The van der Waals surface area contributed by atoms with Crippen LogP contribution in [0, 0.1) is 0 Å². The first kappa shape index (κ1) is 17.3. The number of carbonyl (C=O) groups excluding carboxylic acids is 1. The van der Waals surface area contributed by atoms with Crippen LogP contribution in [0.15, 0.2) is 30.6 Å². The lowest BCUT2D eigenvalue weighted by molar-refractivity contribution is 0.233. The second kappa shape index (κ2) is 8.02. The number of urea groups is 1. The summed E-state index contributed by atoms with van der Waals surface area (Å²) in [6, 6.07) is 8.53. The number of nitrogens with one attached hydrogen (secondary N) is 1. The number of nitrogens with zero attached hydrogens (tertiary/aromatic N) is 3. The molecule has 2 saturated carbocycles. The summed E-state index contributed by atoms with van der Waals surface area (Å²) in [5.41, 5.74) is 0.892. The zero-order chi connectivity index (χ0) is 17.8. The number of aromatic nitrogens is 2. The van der Waals surface area contributed by atoms with Crippen LogP contribution in [0.25, 0.3) is 10.9 Å². The fraction of sp³-hybridized carbons (Fsp3) is 0.571. The Balaban J connectivity index is 1.66. The van der Waals surface area contributed by atoms with Crippen LogP contribution in [0.4, 0.5) is 10.6 Å². The van der Waals surface area contributed by atoms with Gasteiger partial charge in [0.05, 0.1) is 5.52 Å². The molecule has 2 aliphatic carbocycles. The molecule has 4 rings (SSSR count). The molecule has 0 bridgehead atoms. The molecule has 5 heteroatoms. The van der Waals surface area contributed by atoms with E-state index in [1.807, 2.05) is 29.2 Å². The minimum absolute atomic E-state index is 0.0210. The van der Waals surface area contributed by atoms with Crippen molar-refractivity contribution in [1.82, 2.24) is 15.3 Å². The van der Waals surface area contributed by atoms with Gasteiger partial charge in [0.1, 0.15) is 12.1 Å². The molecule has 1 heterocycles. The number of amides is 2. The van der Waals surface area contributed by atoms with Gasteiger partial charge in [0.2, 0.25) is 0 Å². The minimum Gasteiger partial charge on any atom is -0.335 e. The Labute approximate surface area is 155 Å². The van der Waals surface area contributed by atoms with Crippen molar-refractivity contribution in [3.63, 3.8) is 0 Å². The molecule has 0 unspecified atom stereocenters. The van der Waals surface area contributed by atoms with Gasteiger partial charge in [-0.1, -0.05) is 50.7 Å². The molecule has 0 atom stereocenters. The second-order valence-electron chi connectivity index (χ2n) is 7.66. The first-order valence-electron chi connectivity index (χ1n) is 10.1. The molecule has 2 fully saturated rings. The van der Waals surface area contributed by atoms with Crippen LogP contribution >= 0.6 is 0 Å². The van der Waals surface area contributed by atoms with E-state index in [1.54, 1.807) is 6.33 Å². The molecule has 1 N–H and O–H groups in total. The third-order valence-corrected chi connectivity index (χ3v) is 5.84. The number of rotatable bonds is 3. The van der Waals surface area contributed by atoms with Crippen molar-refractivity contribution in [2.75, 3.05) is 4.90 Å². The summed E-state index contributed by atoms with van der Waals surface area (Å²) in [6.45, 7) is 0. The zero-order valence-electron chi connectivity index (χ0n) is 15.4. The third-order valence-electron chi connectivity index (χ3n) is 5.84. The number of carbonyl (C=O) groups is 1. The molecule has 1 aromatic carbocycles. The van der Waals surface area contributed by atoms with Gasteiger partial charge in [-0.25, -0.2) is 14.8 Å². The van der Waals surface area contributed by atoms with Crippen molar-refractivity contribution in [3.8, 4) is 0 Å². The van der Waals surface area contributed by atoms with Gasteiger partial charge in [-0.05, 0) is 37.8 Å². The Kier molecular flexibility index (Phi) is 5.32. The largest absolute Gasteiger partial charge is 0.335 e. The predicted molar refractivity (Wildman–Crippen MR) is 104 cm³/mol. The highest BCUT2D eigenvalue weighted by molar-refractivity contribution is 6.00. The van der Waals surface area contributed by atoms with Crippen LogP contribution in [-0.4, -0.2) is 28.1 Å². The Morgan fingerprint density at radius 2 is 1.62 bits per heavy atom. The number of hydrogen-bond donors (Lipinski definition) is 1. The molecule has 2 amide bonds. The van der Waals surface area contributed by atoms with Gasteiger partial charge in [0.15, 0.2) is 0 Å². The summed E-state index contributed by atoms with van der Waals surface area (Å²) in [5.74, 6) is 0.760. The van der Waals surface area contributed by atoms with Crippen LogP contribution in [0.3, 0.4) is 0 Å². The van der Waals surface area contributed by atoms with E-state index < -0.39 is 0 Å². The summed E-state index contributed by atoms with van der Waals surface area (Å²) in [4.78, 5) is 24.2. The van der Waals surface area contributed by atoms with Gasteiger partial charge >= 0.3 is 6.03 Å². The first-order chi connectivity index (χ1) is 12.8. The van der Waals surface area contributed by atoms with Crippen LogP contribution in [0.2, 0.25) is 0 Å². The van der Waals surface area contributed by atoms with Crippen molar-refractivity contribution >= 4 is 22.8 Å². The van der Waals surface area contributed by atoms with Crippen LogP contribution < -0.4 is 10.2 Å². The zero-order valence-corrected chi connectivity index (χ0v) is 15.4. The quantitative estimate of drug-likeness (QED) is 0.862. The van der Waals surface area contributed by atoms with Crippen molar-refractivity contribution in [1.29, 1.82) is 0 Å². The molecule has 138 valence electrons. The van der Waals surface area contributed by atoms with Gasteiger partial charge in [-0.15, -0.1) is 0 Å². The maximum Gasteiger partial charge on any atom is 0.323 e. The van der Waals surface area contributed by atoms with E-state index in [9.17, 15) is 4.79 Å². The second-order valence-corrected chi connectivity index (χ2v) is 7.66. The van der Waals surface area contributed by atoms with Crippen molar-refractivity contribution in [2.24, 2.45) is 0 Å². The standard InChI is InChI=1S/C21H28N4O/c26-21(24-16-9-3-1-4-10-16)25(17-11-5-2-6-12-17)20-18-13-7-8-14-19(18)22-15-23-20/h7-8,13-17H,1-6,9-12H2,(H,24,26). The maximum absolute atomic E-state index is 13.3. The molecule has 1 aromatic heterocycles. The molecule has 2 aliphatic rings. The van der Waals surface area contributed by atoms with Gasteiger partial charge < -0.3 is 5.32 Å². The van der Waals surface area contributed by atoms with Gasteiger partial charge in [0.25, 0.3) is 0 Å². The molecular weight excluding hydrogens is 324 g/mol. The lowest BCUT2D eigenvalue weighted by atomic mass is 9.93. The summed E-state index contributed by atoms with van der Waals surface area (Å²) < 4.78 is 0. The van der Waals surface area contributed by atoms with E-state index in [4.69, 9.17) is 0 Å². The fourth-order valence-electron chi connectivity index (χ4n) is 4.45. The first-order valence-corrected chi connectivity index (χ1v) is 10.1. The van der Waals surface area contributed by atoms with Crippen molar-refractivity contribution < 1.29 is 4.79 Å². The van der Waals surface area contributed by atoms with E-state index in [0.717, 1.165) is 42.4 Å². The molecule has 0 aliphatic heterocycles. The average Bonchev–Trinajstić information content (AvgIpc) is 2.70. The normalized spacial score (nSPS) is 19.4. The van der Waals surface area contributed by atoms with E-state index in [0.29, 0.717) is 6.04 Å². The van der Waals surface area contributed by atoms with Crippen LogP contribution in [-0.2, 0) is 0 Å². The van der Waals surface area contributed by atoms with E-state index in [2.05, 4.69) is 15.3 Å². The monoisotopic (exact) mass is 352 g/mol.